The molecule has 3 aromatic carbocycles. The van der Waals surface area contributed by atoms with Gasteiger partial charge in [-0.25, -0.2) is 0 Å². The van der Waals surface area contributed by atoms with Gasteiger partial charge in [0, 0.05) is 0 Å². The predicted octanol–water partition coefficient (Wildman–Crippen LogP) is 2.84. The van der Waals surface area contributed by atoms with Gasteiger partial charge in [0.25, 0.3) is 0 Å². The van der Waals surface area contributed by atoms with E-state index in [1.54, 1.807) is 0 Å². The number of aliphatic hydroxyl groups is 2. The van der Waals surface area contributed by atoms with Crippen LogP contribution in [0.2, 0.25) is 0 Å². The fraction of sp³-hybridized carbons (Fsp3) is 0.222. The van der Waals surface area contributed by atoms with Crippen molar-refractivity contribution in [2.45, 2.75) is 24.4 Å². The first kappa shape index (κ1) is 11.7. The van der Waals surface area contributed by atoms with Crippen LogP contribution in [0.4, 0.5) is 0 Å². The van der Waals surface area contributed by atoms with E-state index in [2.05, 4.69) is 24.3 Å². The summed E-state index contributed by atoms with van der Waals surface area (Å²) in [4.78, 5) is 0. The molecule has 1 heterocycles. The van der Waals surface area contributed by atoms with Crippen molar-refractivity contribution >= 4 is 21.5 Å². The van der Waals surface area contributed by atoms with Crippen LogP contribution in [-0.4, -0.2) is 22.4 Å². The van der Waals surface area contributed by atoms with Crippen molar-refractivity contribution in [1.82, 2.24) is 0 Å². The van der Waals surface area contributed by atoms with Crippen molar-refractivity contribution in [2.75, 3.05) is 0 Å². The van der Waals surface area contributed by atoms with Gasteiger partial charge in [0.2, 0.25) is 0 Å². The number of fused-ring (bicyclic) bond motifs is 6. The number of aliphatic hydroxyl groups excluding tert-OH is 2. The maximum atomic E-state index is 10.3. The van der Waals surface area contributed by atoms with E-state index < -0.39 is 12.2 Å². The summed E-state index contributed by atoms with van der Waals surface area (Å²) >= 11 is 0. The summed E-state index contributed by atoms with van der Waals surface area (Å²) in [7, 11) is 0. The van der Waals surface area contributed by atoms with Crippen molar-refractivity contribution < 1.29 is 14.9 Å². The molecule has 21 heavy (non-hydrogen) atoms. The SMILES string of the molecule is OC1c2ccc3cc4ccccc4cc3c2C2O[C@H]2[C@H]1O. The second-order valence-electron chi connectivity index (χ2n) is 5.95. The summed E-state index contributed by atoms with van der Waals surface area (Å²) in [5.41, 5.74) is 1.84. The molecule has 1 saturated heterocycles. The zero-order valence-corrected chi connectivity index (χ0v) is 11.2. The Bertz CT molecular complexity index is 886. The van der Waals surface area contributed by atoms with Crippen molar-refractivity contribution in [3.8, 4) is 0 Å². The molecule has 3 heteroatoms. The van der Waals surface area contributed by atoms with Crippen LogP contribution in [-0.2, 0) is 4.74 Å². The van der Waals surface area contributed by atoms with Gasteiger partial charge in [-0.2, -0.15) is 0 Å². The third-order valence-corrected chi connectivity index (χ3v) is 4.75. The van der Waals surface area contributed by atoms with E-state index >= 15 is 0 Å². The van der Waals surface area contributed by atoms with Crippen molar-refractivity contribution in [3.63, 3.8) is 0 Å². The van der Waals surface area contributed by atoms with Crippen LogP contribution in [0.3, 0.4) is 0 Å². The number of rotatable bonds is 0. The molecule has 104 valence electrons. The number of epoxide rings is 1. The molecule has 0 spiro atoms. The minimum Gasteiger partial charge on any atom is -0.387 e. The highest BCUT2D eigenvalue weighted by atomic mass is 16.6. The average molecular weight is 278 g/mol. The Labute approximate surface area is 121 Å². The van der Waals surface area contributed by atoms with E-state index in [4.69, 9.17) is 4.74 Å². The maximum Gasteiger partial charge on any atom is 0.118 e. The van der Waals surface area contributed by atoms with Crippen LogP contribution < -0.4 is 0 Å². The highest BCUT2D eigenvalue weighted by Gasteiger charge is 2.54. The van der Waals surface area contributed by atoms with E-state index in [-0.39, 0.29) is 12.2 Å². The van der Waals surface area contributed by atoms with Gasteiger partial charge in [-0.1, -0.05) is 36.4 Å². The lowest BCUT2D eigenvalue weighted by molar-refractivity contribution is 0.000106. The van der Waals surface area contributed by atoms with Gasteiger partial charge in [-0.3, -0.25) is 0 Å². The molecule has 5 rings (SSSR count). The Balaban J connectivity index is 1.87. The highest BCUT2D eigenvalue weighted by molar-refractivity contribution is 6.00. The molecule has 4 atom stereocenters. The molecular weight excluding hydrogens is 264 g/mol. The smallest absolute Gasteiger partial charge is 0.118 e. The Kier molecular flexibility index (Phi) is 2.13. The molecule has 2 N–H and O–H groups in total. The second-order valence-corrected chi connectivity index (χ2v) is 5.95. The zero-order valence-electron chi connectivity index (χ0n) is 11.2. The minimum atomic E-state index is -0.861. The third-order valence-electron chi connectivity index (χ3n) is 4.75. The third kappa shape index (κ3) is 1.48. The van der Waals surface area contributed by atoms with Crippen LogP contribution in [0.1, 0.15) is 23.3 Å². The van der Waals surface area contributed by atoms with Gasteiger partial charge in [0.05, 0.1) is 0 Å². The molecule has 1 aliphatic heterocycles. The van der Waals surface area contributed by atoms with Gasteiger partial charge in [0.15, 0.2) is 0 Å². The van der Waals surface area contributed by atoms with Crippen LogP contribution in [0.25, 0.3) is 21.5 Å². The summed E-state index contributed by atoms with van der Waals surface area (Å²) in [6.45, 7) is 0. The Hall–Kier alpha value is -1.94. The van der Waals surface area contributed by atoms with Crippen molar-refractivity contribution in [1.29, 1.82) is 0 Å². The van der Waals surface area contributed by atoms with Crippen LogP contribution >= 0.6 is 0 Å². The van der Waals surface area contributed by atoms with Crippen LogP contribution in [0.15, 0.2) is 48.5 Å². The van der Waals surface area contributed by atoms with E-state index in [0.29, 0.717) is 0 Å². The summed E-state index contributed by atoms with van der Waals surface area (Å²) in [6, 6.07) is 16.5. The average Bonchev–Trinajstić information content (AvgIpc) is 3.30. The van der Waals surface area contributed by atoms with Gasteiger partial charge in [-0.05, 0) is 44.8 Å². The molecule has 3 aromatic rings. The lowest BCUT2D eigenvalue weighted by Gasteiger charge is -2.24. The van der Waals surface area contributed by atoms with Crippen LogP contribution in [0, 0.1) is 0 Å². The fourth-order valence-corrected chi connectivity index (χ4v) is 3.61. The number of ether oxygens (including phenoxy) is 1. The predicted molar refractivity (Wildman–Crippen MR) is 80.0 cm³/mol. The van der Waals surface area contributed by atoms with Crippen molar-refractivity contribution in [3.05, 3.63) is 59.7 Å². The van der Waals surface area contributed by atoms with E-state index in [1.165, 1.54) is 10.8 Å². The molecule has 0 aromatic heterocycles. The van der Waals surface area contributed by atoms with E-state index in [9.17, 15) is 10.2 Å². The second kappa shape index (κ2) is 3.83. The molecule has 3 nitrogen and oxygen atoms in total. The normalized spacial score (nSPS) is 30.2. The Morgan fingerprint density at radius 3 is 2.43 bits per heavy atom. The van der Waals surface area contributed by atoms with Crippen LogP contribution in [0.5, 0.6) is 0 Å². The quantitative estimate of drug-likeness (QED) is 0.491. The first-order chi connectivity index (χ1) is 10.2. The van der Waals surface area contributed by atoms with Gasteiger partial charge in [-0.15, -0.1) is 0 Å². The Morgan fingerprint density at radius 2 is 1.62 bits per heavy atom. The highest BCUT2D eigenvalue weighted by Crippen LogP contribution is 2.53. The first-order valence-corrected chi connectivity index (χ1v) is 7.21. The monoisotopic (exact) mass is 278 g/mol. The van der Waals surface area contributed by atoms with Gasteiger partial charge >= 0.3 is 0 Å². The molecule has 1 fully saturated rings. The molecule has 0 radical (unpaired) electrons. The molecule has 0 bridgehead atoms. The first-order valence-electron chi connectivity index (χ1n) is 7.21. The zero-order chi connectivity index (χ0) is 14.1. The van der Waals surface area contributed by atoms with Gasteiger partial charge in [0.1, 0.15) is 24.4 Å². The maximum absolute atomic E-state index is 10.3. The Morgan fingerprint density at radius 1 is 0.857 bits per heavy atom. The fourth-order valence-electron chi connectivity index (χ4n) is 3.61. The number of hydrogen-bond acceptors (Lipinski definition) is 3. The molecule has 2 unspecified atom stereocenters. The summed E-state index contributed by atoms with van der Waals surface area (Å²) in [5.74, 6) is 0. The lowest BCUT2D eigenvalue weighted by atomic mass is 9.84. The topological polar surface area (TPSA) is 53.0 Å². The van der Waals surface area contributed by atoms with Crippen molar-refractivity contribution in [2.24, 2.45) is 0 Å². The lowest BCUT2D eigenvalue weighted by Crippen LogP contribution is -2.29. The number of hydrogen-bond donors (Lipinski definition) is 2. The molecule has 2 aliphatic rings. The molecule has 0 saturated carbocycles. The molecular formula is C18H14O3. The molecule has 1 aliphatic carbocycles. The molecule has 0 amide bonds. The summed E-state index contributed by atoms with van der Waals surface area (Å²) < 4.78 is 5.60. The summed E-state index contributed by atoms with van der Waals surface area (Å²) in [6.07, 6.45) is -2.02. The number of benzene rings is 3. The van der Waals surface area contributed by atoms with E-state index in [0.717, 1.165) is 21.9 Å². The minimum absolute atomic E-state index is 0.0803. The summed E-state index contributed by atoms with van der Waals surface area (Å²) in [5, 5.41) is 24.9. The standard InChI is InChI=1S/C18H14O3/c19-15-12-6-5-11-7-9-3-1-2-4-10(9)8-13(11)14(12)17-18(21-17)16(15)20/h1-8,15-20H/t15?,16-,17?,18-/m0/s1. The van der Waals surface area contributed by atoms with Gasteiger partial charge < -0.3 is 14.9 Å². The van der Waals surface area contributed by atoms with E-state index in [1.807, 2.05) is 24.3 Å². The largest absolute Gasteiger partial charge is 0.387 e.